The minimum atomic E-state index is -2.53. The van der Waals surface area contributed by atoms with Crippen LogP contribution < -0.4 is 0 Å². The molecule has 1 aromatic carbocycles. The molecule has 1 rings (SSSR count). The van der Waals surface area contributed by atoms with Crippen LogP contribution in [0.3, 0.4) is 0 Å². The number of phenols is 1. The highest BCUT2D eigenvalue weighted by Gasteiger charge is 2.12. The Kier molecular flexibility index (Phi) is 2.92. The van der Waals surface area contributed by atoms with E-state index in [-0.39, 0.29) is 11.3 Å². The van der Waals surface area contributed by atoms with E-state index in [1.54, 1.807) is 6.26 Å². The van der Waals surface area contributed by atoms with Gasteiger partial charge in [0.15, 0.2) is 0 Å². The van der Waals surface area contributed by atoms with Gasteiger partial charge in [0.05, 0.1) is 0 Å². The van der Waals surface area contributed by atoms with Crippen LogP contribution in [0, 0.1) is 0 Å². The van der Waals surface area contributed by atoms with Crippen molar-refractivity contribution in [2.75, 3.05) is 6.26 Å². The summed E-state index contributed by atoms with van der Waals surface area (Å²) in [5.74, 6) is -0.122. The summed E-state index contributed by atoms with van der Waals surface area (Å²) in [4.78, 5) is 0.503. The zero-order valence-electron chi connectivity index (χ0n) is 6.42. The number of benzene rings is 1. The van der Waals surface area contributed by atoms with Crippen LogP contribution >= 0.6 is 11.8 Å². The van der Waals surface area contributed by atoms with E-state index >= 15 is 0 Å². The van der Waals surface area contributed by atoms with E-state index in [9.17, 15) is 8.78 Å². The van der Waals surface area contributed by atoms with Crippen LogP contribution in [-0.2, 0) is 0 Å². The van der Waals surface area contributed by atoms with Gasteiger partial charge in [-0.05, 0) is 24.5 Å². The zero-order chi connectivity index (χ0) is 9.14. The lowest BCUT2D eigenvalue weighted by atomic mass is 10.2. The summed E-state index contributed by atoms with van der Waals surface area (Å²) >= 11 is 1.24. The molecule has 0 radical (unpaired) electrons. The predicted octanol–water partition coefficient (Wildman–Crippen LogP) is 3.05. The Morgan fingerprint density at radius 2 is 2.08 bits per heavy atom. The van der Waals surface area contributed by atoms with Gasteiger partial charge in [-0.2, -0.15) is 0 Å². The number of phenolic OH excluding ortho intramolecular Hbond substituents is 1. The maximum Gasteiger partial charge on any atom is 0.265 e. The average Bonchev–Trinajstić information content (AvgIpc) is 2.04. The molecule has 12 heavy (non-hydrogen) atoms. The Bertz CT molecular complexity index is 276. The fourth-order valence-corrected chi connectivity index (χ4v) is 1.48. The molecule has 1 N–H and O–H groups in total. The number of hydrogen-bond donors (Lipinski definition) is 1. The molecule has 0 aliphatic heterocycles. The Morgan fingerprint density at radius 1 is 1.42 bits per heavy atom. The van der Waals surface area contributed by atoms with Crippen molar-refractivity contribution in [2.24, 2.45) is 0 Å². The molecule has 0 atom stereocenters. The Labute approximate surface area is 73.4 Å². The maximum absolute atomic E-state index is 12.3. The average molecular weight is 190 g/mol. The first kappa shape index (κ1) is 9.32. The summed E-state index contributed by atoms with van der Waals surface area (Å²) in [7, 11) is 0. The normalized spacial score (nSPS) is 10.7. The Hall–Kier alpha value is -0.770. The Balaban J connectivity index is 3.12. The molecule has 1 nitrogen and oxygen atoms in total. The first-order valence-electron chi connectivity index (χ1n) is 3.30. The SMILES string of the molecule is CSc1ccc(O)cc1C(F)F. The minimum absolute atomic E-state index is 0.109. The van der Waals surface area contributed by atoms with E-state index < -0.39 is 6.43 Å². The topological polar surface area (TPSA) is 20.2 Å². The largest absolute Gasteiger partial charge is 0.508 e. The second-order valence-electron chi connectivity index (χ2n) is 2.23. The fraction of sp³-hybridized carbons (Fsp3) is 0.250. The lowest BCUT2D eigenvalue weighted by molar-refractivity contribution is 0.148. The van der Waals surface area contributed by atoms with Crippen LogP contribution in [0.15, 0.2) is 23.1 Å². The summed E-state index contributed by atoms with van der Waals surface area (Å²) in [5, 5.41) is 8.94. The quantitative estimate of drug-likeness (QED) is 0.723. The summed E-state index contributed by atoms with van der Waals surface area (Å²) < 4.78 is 24.5. The summed E-state index contributed by atoms with van der Waals surface area (Å²) in [6, 6.07) is 3.98. The highest BCUT2D eigenvalue weighted by Crippen LogP contribution is 2.31. The number of alkyl halides is 2. The monoisotopic (exact) mass is 190 g/mol. The molecule has 0 aliphatic carbocycles. The number of thioether (sulfide) groups is 1. The third-order valence-electron chi connectivity index (χ3n) is 1.45. The van der Waals surface area contributed by atoms with Crippen molar-refractivity contribution >= 4 is 11.8 Å². The number of hydrogen-bond acceptors (Lipinski definition) is 2. The van der Waals surface area contributed by atoms with Crippen LogP contribution in [0.1, 0.15) is 12.0 Å². The van der Waals surface area contributed by atoms with Gasteiger partial charge in [-0.15, -0.1) is 11.8 Å². The molecule has 0 heterocycles. The van der Waals surface area contributed by atoms with Crippen molar-refractivity contribution in [2.45, 2.75) is 11.3 Å². The van der Waals surface area contributed by atoms with Crippen LogP contribution in [0.5, 0.6) is 5.75 Å². The van der Waals surface area contributed by atoms with E-state index in [1.807, 2.05) is 0 Å². The van der Waals surface area contributed by atoms with Gasteiger partial charge in [-0.1, -0.05) is 0 Å². The summed E-state index contributed by atoms with van der Waals surface area (Å²) in [5.41, 5.74) is -0.109. The Morgan fingerprint density at radius 3 is 2.58 bits per heavy atom. The maximum atomic E-state index is 12.3. The van der Waals surface area contributed by atoms with Crippen LogP contribution in [0.4, 0.5) is 8.78 Å². The standard InChI is InChI=1S/C8H8F2OS/c1-12-7-3-2-5(11)4-6(7)8(9)10/h2-4,8,11H,1H3. The van der Waals surface area contributed by atoms with Crippen molar-refractivity contribution < 1.29 is 13.9 Å². The lowest BCUT2D eigenvalue weighted by Crippen LogP contribution is -1.87. The highest BCUT2D eigenvalue weighted by atomic mass is 32.2. The van der Waals surface area contributed by atoms with E-state index in [1.165, 1.54) is 23.9 Å². The molecule has 0 spiro atoms. The van der Waals surface area contributed by atoms with Crippen LogP contribution in [-0.4, -0.2) is 11.4 Å². The van der Waals surface area contributed by atoms with Gasteiger partial charge in [0, 0.05) is 10.5 Å². The zero-order valence-corrected chi connectivity index (χ0v) is 7.24. The van der Waals surface area contributed by atoms with Gasteiger partial charge in [0.2, 0.25) is 0 Å². The molecule has 0 amide bonds. The smallest absolute Gasteiger partial charge is 0.265 e. The molecule has 4 heteroatoms. The van der Waals surface area contributed by atoms with Gasteiger partial charge in [0.1, 0.15) is 5.75 Å². The number of rotatable bonds is 2. The molecule has 0 unspecified atom stereocenters. The van der Waals surface area contributed by atoms with Crippen molar-refractivity contribution in [1.29, 1.82) is 0 Å². The molecular formula is C8H8F2OS. The summed E-state index contributed by atoms with van der Waals surface area (Å²) in [6.45, 7) is 0. The molecule has 0 aliphatic rings. The molecule has 0 aromatic heterocycles. The van der Waals surface area contributed by atoms with E-state index in [0.29, 0.717) is 4.90 Å². The van der Waals surface area contributed by atoms with Crippen LogP contribution in [0.2, 0.25) is 0 Å². The van der Waals surface area contributed by atoms with Gasteiger partial charge >= 0.3 is 0 Å². The van der Waals surface area contributed by atoms with E-state index in [0.717, 1.165) is 6.07 Å². The number of aromatic hydroxyl groups is 1. The molecular weight excluding hydrogens is 182 g/mol. The van der Waals surface area contributed by atoms with Gasteiger partial charge in [-0.3, -0.25) is 0 Å². The molecule has 0 saturated heterocycles. The fourth-order valence-electron chi connectivity index (χ4n) is 0.892. The third kappa shape index (κ3) is 1.88. The van der Waals surface area contributed by atoms with Crippen molar-refractivity contribution in [1.82, 2.24) is 0 Å². The lowest BCUT2D eigenvalue weighted by Gasteiger charge is -2.05. The van der Waals surface area contributed by atoms with Crippen molar-refractivity contribution in [3.8, 4) is 5.75 Å². The first-order valence-corrected chi connectivity index (χ1v) is 4.52. The second kappa shape index (κ2) is 3.76. The van der Waals surface area contributed by atoms with Crippen molar-refractivity contribution in [3.05, 3.63) is 23.8 Å². The van der Waals surface area contributed by atoms with E-state index in [4.69, 9.17) is 5.11 Å². The highest BCUT2D eigenvalue weighted by molar-refractivity contribution is 7.98. The molecule has 0 saturated carbocycles. The van der Waals surface area contributed by atoms with E-state index in [2.05, 4.69) is 0 Å². The molecule has 66 valence electrons. The van der Waals surface area contributed by atoms with Gasteiger partial charge in [0.25, 0.3) is 6.43 Å². The molecule has 0 fully saturated rings. The molecule has 0 bridgehead atoms. The van der Waals surface area contributed by atoms with Crippen molar-refractivity contribution in [3.63, 3.8) is 0 Å². The van der Waals surface area contributed by atoms with Gasteiger partial charge < -0.3 is 5.11 Å². The third-order valence-corrected chi connectivity index (χ3v) is 2.26. The number of halogens is 2. The van der Waals surface area contributed by atoms with Crippen LogP contribution in [0.25, 0.3) is 0 Å². The first-order chi connectivity index (χ1) is 5.65. The summed E-state index contributed by atoms with van der Waals surface area (Å²) in [6.07, 6.45) is -0.808. The molecule has 1 aromatic rings. The van der Waals surface area contributed by atoms with Gasteiger partial charge in [-0.25, -0.2) is 8.78 Å². The predicted molar refractivity (Wildman–Crippen MR) is 44.8 cm³/mol. The minimum Gasteiger partial charge on any atom is -0.508 e. The second-order valence-corrected chi connectivity index (χ2v) is 3.08.